The van der Waals surface area contributed by atoms with Gasteiger partial charge in [-0.3, -0.25) is 0 Å². The third-order valence-electron chi connectivity index (χ3n) is 3.75. The molecule has 0 aliphatic rings. The highest BCUT2D eigenvalue weighted by molar-refractivity contribution is 5.42. The Bertz CT molecular complexity index is 611. The van der Waals surface area contributed by atoms with Crippen LogP contribution in [0.3, 0.4) is 0 Å². The summed E-state index contributed by atoms with van der Waals surface area (Å²) in [4.78, 5) is 0. The zero-order valence-electron chi connectivity index (χ0n) is 14.3. The minimum absolute atomic E-state index is 0.145. The molecule has 0 saturated heterocycles. The van der Waals surface area contributed by atoms with Gasteiger partial charge in [-0.25, -0.2) is 0 Å². The molecule has 0 aromatic heterocycles. The Kier molecular flexibility index (Phi) is 6.29. The van der Waals surface area contributed by atoms with E-state index in [2.05, 4.69) is 24.4 Å². The number of benzene rings is 2. The summed E-state index contributed by atoms with van der Waals surface area (Å²) in [6.45, 7) is 5.56. The molecule has 0 radical (unpaired) electrons. The molecule has 1 unspecified atom stereocenters. The first-order valence-corrected chi connectivity index (χ1v) is 7.85. The third-order valence-corrected chi connectivity index (χ3v) is 3.75. The van der Waals surface area contributed by atoms with Gasteiger partial charge in [-0.1, -0.05) is 12.1 Å². The van der Waals surface area contributed by atoms with Gasteiger partial charge in [0, 0.05) is 18.2 Å². The Morgan fingerprint density at radius 3 is 2.26 bits per heavy atom. The van der Waals surface area contributed by atoms with Crippen molar-refractivity contribution in [2.45, 2.75) is 26.4 Å². The quantitative estimate of drug-likeness (QED) is 0.800. The molecule has 4 nitrogen and oxygen atoms in total. The first kappa shape index (κ1) is 17.2. The van der Waals surface area contributed by atoms with Crippen LogP contribution in [0.4, 0.5) is 0 Å². The molecular weight excluding hydrogens is 290 g/mol. The van der Waals surface area contributed by atoms with E-state index in [0.29, 0.717) is 6.61 Å². The molecule has 23 heavy (non-hydrogen) atoms. The van der Waals surface area contributed by atoms with Gasteiger partial charge < -0.3 is 19.5 Å². The van der Waals surface area contributed by atoms with Gasteiger partial charge in [0.25, 0.3) is 0 Å². The molecule has 0 amide bonds. The lowest BCUT2D eigenvalue weighted by Crippen LogP contribution is -2.18. The molecule has 0 spiro atoms. The Labute approximate surface area is 138 Å². The summed E-state index contributed by atoms with van der Waals surface area (Å²) in [6, 6.07) is 14.1. The first-order valence-electron chi connectivity index (χ1n) is 7.85. The van der Waals surface area contributed by atoms with Crippen molar-refractivity contribution in [3.05, 3.63) is 53.6 Å². The molecule has 124 valence electrons. The summed E-state index contributed by atoms with van der Waals surface area (Å²) in [5.41, 5.74) is 2.29. The number of hydrogen-bond acceptors (Lipinski definition) is 4. The van der Waals surface area contributed by atoms with Crippen LogP contribution in [0.25, 0.3) is 0 Å². The summed E-state index contributed by atoms with van der Waals surface area (Å²) in [6.07, 6.45) is 0. The largest absolute Gasteiger partial charge is 0.497 e. The zero-order chi connectivity index (χ0) is 16.7. The Hall–Kier alpha value is -2.20. The van der Waals surface area contributed by atoms with Gasteiger partial charge in [0.1, 0.15) is 17.2 Å². The van der Waals surface area contributed by atoms with E-state index < -0.39 is 0 Å². The van der Waals surface area contributed by atoms with Crippen molar-refractivity contribution >= 4 is 0 Å². The van der Waals surface area contributed by atoms with Crippen LogP contribution < -0.4 is 19.5 Å². The van der Waals surface area contributed by atoms with Crippen molar-refractivity contribution in [2.24, 2.45) is 0 Å². The normalized spacial score (nSPS) is 11.8. The molecule has 0 fully saturated rings. The van der Waals surface area contributed by atoms with Gasteiger partial charge in [-0.05, 0) is 49.7 Å². The highest BCUT2D eigenvalue weighted by Crippen LogP contribution is 2.29. The van der Waals surface area contributed by atoms with Crippen LogP contribution in [0.5, 0.6) is 17.2 Å². The van der Waals surface area contributed by atoms with Crippen LogP contribution in [0.1, 0.15) is 31.0 Å². The fraction of sp³-hybridized carbons (Fsp3) is 0.368. The highest BCUT2D eigenvalue weighted by Gasteiger charge is 2.12. The van der Waals surface area contributed by atoms with Crippen LogP contribution in [0.2, 0.25) is 0 Å². The second kappa shape index (κ2) is 8.44. The molecule has 0 saturated carbocycles. The van der Waals surface area contributed by atoms with Gasteiger partial charge in [-0.2, -0.15) is 0 Å². The van der Waals surface area contributed by atoms with Crippen molar-refractivity contribution in [2.75, 3.05) is 20.8 Å². The molecule has 0 aliphatic carbocycles. The maximum absolute atomic E-state index is 5.46. The molecule has 1 atom stereocenters. The third kappa shape index (κ3) is 4.63. The molecule has 1 N–H and O–H groups in total. The van der Waals surface area contributed by atoms with Crippen molar-refractivity contribution < 1.29 is 14.2 Å². The molecule has 2 rings (SSSR count). The smallest absolute Gasteiger partial charge is 0.123 e. The first-order chi connectivity index (χ1) is 11.2. The van der Waals surface area contributed by atoms with Crippen LogP contribution >= 0.6 is 0 Å². The summed E-state index contributed by atoms with van der Waals surface area (Å²) < 4.78 is 16.2. The van der Waals surface area contributed by atoms with Gasteiger partial charge in [0.05, 0.1) is 20.8 Å². The Morgan fingerprint density at radius 2 is 1.65 bits per heavy atom. The van der Waals surface area contributed by atoms with E-state index in [0.717, 1.165) is 29.4 Å². The number of nitrogens with one attached hydrogen (secondary N) is 1. The molecule has 2 aromatic rings. The average molecular weight is 315 g/mol. The average Bonchev–Trinajstić information content (AvgIpc) is 2.60. The lowest BCUT2D eigenvalue weighted by molar-refractivity contribution is 0.340. The van der Waals surface area contributed by atoms with Gasteiger partial charge in [0.2, 0.25) is 0 Å². The monoisotopic (exact) mass is 315 g/mol. The zero-order valence-corrected chi connectivity index (χ0v) is 14.3. The molecular formula is C19H25NO3. The summed E-state index contributed by atoms with van der Waals surface area (Å²) in [7, 11) is 3.36. The minimum Gasteiger partial charge on any atom is -0.497 e. The molecule has 4 heteroatoms. The highest BCUT2D eigenvalue weighted by atomic mass is 16.5. The number of methoxy groups -OCH3 is 2. The van der Waals surface area contributed by atoms with Crippen molar-refractivity contribution in [1.29, 1.82) is 0 Å². The van der Waals surface area contributed by atoms with E-state index >= 15 is 0 Å². The number of hydrogen-bond donors (Lipinski definition) is 1. The fourth-order valence-corrected chi connectivity index (χ4v) is 2.43. The maximum Gasteiger partial charge on any atom is 0.123 e. The van der Waals surface area contributed by atoms with Gasteiger partial charge >= 0.3 is 0 Å². The van der Waals surface area contributed by atoms with Gasteiger partial charge in [0.15, 0.2) is 0 Å². The minimum atomic E-state index is 0.145. The summed E-state index contributed by atoms with van der Waals surface area (Å²) >= 11 is 0. The number of rotatable bonds is 8. The number of ether oxygens (including phenoxy) is 3. The van der Waals surface area contributed by atoms with E-state index in [1.807, 2.05) is 37.3 Å². The van der Waals surface area contributed by atoms with E-state index in [4.69, 9.17) is 14.2 Å². The van der Waals surface area contributed by atoms with Crippen molar-refractivity contribution in [1.82, 2.24) is 5.32 Å². The van der Waals surface area contributed by atoms with Crippen LogP contribution in [0, 0.1) is 0 Å². The fourth-order valence-electron chi connectivity index (χ4n) is 2.43. The second-order valence-electron chi connectivity index (χ2n) is 5.29. The van der Waals surface area contributed by atoms with E-state index in [1.165, 1.54) is 5.56 Å². The lowest BCUT2D eigenvalue weighted by atomic mass is 10.1. The predicted molar refractivity (Wildman–Crippen MR) is 92.4 cm³/mol. The van der Waals surface area contributed by atoms with E-state index in [-0.39, 0.29) is 6.04 Å². The van der Waals surface area contributed by atoms with Crippen LogP contribution in [-0.2, 0) is 6.54 Å². The standard InChI is InChI=1S/C19H25NO3/c1-5-23-16-8-6-15(7-9-16)13-20-14(2)18-12-17(21-3)10-11-19(18)22-4/h6-12,14,20H,5,13H2,1-4H3. The SMILES string of the molecule is CCOc1ccc(CNC(C)c2cc(OC)ccc2OC)cc1. The summed E-state index contributed by atoms with van der Waals surface area (Å²) in [5, 5.41) is 3.52. The molecule has 2 aromatic carbocycles. The van der Waals surface area contributed by atoms with Crippen LogP contribution in [0.15, 0.2) is 42.5 Å². The van der Waals surface area contributed by atoms with E-state index in [9.17, 15) is 0 Å². The summed E-state index contributed by atoms with van der Waals surface area (Å²) in [5.74, 6) is 2.59. The maximum atomic E-state index is 5.46. The molecule has 0 heterocycles. The lowest BCUT2D eigenvalue weighted by Gasteiger charge is -2.18. The van der Waals surface area contributed by atoms with Crippen molar-refractivity contribution in [3.63, 3.8) is 0 Å². The molecule has 0 bridgehead atoms. The second-order valence-corrected chi connectivity index (χ2v) is 5.29. The predicted octanol–water partition coefficient (Wildman–Crippen LogP) is 3.95. The molecule has 0 aliphatic heterocycles. The van der Waals surface area contributed by atoms with Gasteiger partial charge in [-0.15, -0.1) is 0 Å². The van der Waals surface area contributed by atoms with E-state index in [1.54, 1.807) is 14.2 Å². The Balaban J connectivity index is 2.02. The Morgan fingerprint density at radius 1 is 0.957 bits per heavy atom. The topological polar surface area (TPSA) is 39.7 Å². The van der Waals surface area contributed by atoms with Crippen molar-refractivity contribution in [3.8, 4) is 17.2 Å². The van der Waals surface area contributed by atoms with Crippen LogP contribution in [-0.4, -0.2) is 20.8 Å².